The fraction of sp³-hybridized carbons (Fsp3) is 0.562. The fourth-order valence-electron chi connectivity index (χ4n) is 1.68. The number of aliphatic imine (C=N–C) groups is 1. The van der Waals surface area contributed by atoms with Gasteiger partial charge in [-0.3, -0.25) is 9.59 Å². The molecule has 24 heavy (non-hydrogen) atoms. The van der Waals surface area contributed by atoms with E-state index in [4.69, 9.17) is 0 Å². The third-order valence-corrected chi connectivity index (χ3v) is 3.69. The summed E-state index contributed by atoms with van der Waals surface area (Å²) in [5, 5.41) is 10.9. The molecule has 0 aliphatic rings. The Morgan fingerprint density at radius 2 is 1.96 bits per heavy atom. The summed E-state index contributed by atoms with van der Waals surface area (Å²) in [6.07, 6.45) is 0. The van der Waals surface area contributed by atoms with E-state index in [1.807, 2.05) is 38.3 Å². The third kappa shape index (κ3) is 8.52. The molecular formula is C16H27N5O2S. The van der Waals surface area contributed by atoms with Crippen LogP contribution in [0.4, 0.5) is 0 Å². The summed E-state index contributed by atoms with van der Waals surface area (Å²) in [5.74, 6) is 0.195. The molecule has 134 valence electrons. The van der Waals surface area contributed by atoms with E-state index in [0.29, 0.717) is 12.5 Å². The van der Waals surface area contributed by atoms with Crippen LogP contribution in [0.25, 0.3) is 0 Å². The number of thiophene rings is 1. The Morgan fingerprint density at radius 3 is 2.50 bits per heavy atom. The average Bonchev–Trinajstić information content (AvgIpc) is 2.97. The van der Waals surface area contributed by atoms with E-state index in [9.17, 15) is 9.59 Å². The molecule has 1 aromatic rings. The molecule has 0 spiro atoms. The average molecular weight is 353 g/mol. The van der Waals surface area contributed by atoms with Crippen molar-refractivity contribution in [2.75, 3.05) is 27.2 Å². The molecule has 0 aromatic carbocycles. The zero-order chi connectivity index (χ0) is 18.2. The van der Waals surface area contributed by atoms with Gasteiger partial charge in [-0.25, -0.2) is 4.99 Å². The van der Waals surface area contributed by atoms with Gasteiger partial charge in [0, 0.05) is 24.5 Å². The molecule has 7 nitrogen and oxygen atoms in total. The highest BCUT2D eigenvalue weighted by Crippen LogP contribution is 2.07. The lowest BCUT2D eigenvalue weighted by atomic mass is 10.1. The molecule has 0 bridgehead atoms. The van der Waals surface area contributed by atoms with E-state index in [0.717, 1.165) is 4.88 Å². The third-order valence-electron chi connectivity index (χ3n) is 2.81. The second-order valence-corrected chi connectivity index (χ2v) is 7.57. The number of rotatable bonds is 6. The first-order valence-electron chi connectivity index (χ1n) is 7.73. The molecule has 0 aliphatic carbocycles. The predicted octanol–water partition coefficient (Wildman–Crippen LogP) is 0.786. The summed E-state index contributed by atoms with van der Waals surface area (Å²) < 4.78 is 0. The van der Waals surface area contributed by atoms with Crippen molar-refractivity contribution in [3.05, 3.63) is 22.4 Å². The molecule has 8 heteroatoms. The van der Waals surface area contributed by atoms with Gasteiger partial charge in [0.25, 0.3) is 0 Å². The highest BCUT2D eigenvalue weighted by molar-refractivity contribution is 7.09. The summed E-state index contributed by atoms with van der Waals surface area (Å²) in [6.45, 7) is 6.44. The first-order chi connectivity index (χ1) is 11.2. The molecule has 2 amide bonds. The van der Waals surface area contributed by atoms with Crippen molar-refractivity contribution in [3.8, 4) is 0 Å². The number of carbonyl (C=O) groups excluding carboxylic acids is 2. The highest BCUT2D eigenvalue weighted by atomic mass is 32.1. The van der Waals surface area contributed by atoms with Crippen molar-refractivity contribution in [1.29, 1.82) is 0 Å². The molecule has 1 aromatic heterocycles. The molecule has 0 saturated carbocycles. The van der Waals surface area contributed by atoms with E-state index >= 15 is 0 Å². The lowest BCUT2D eigenvalue weighted by molar-refractivity contribution is -0.127. The maximum absolute atomic E-state index is 11.9. The van der Waals surface area contributed by atoms with Gasteiger partial charge in [-0.2, -0.15) is 0 Å². The molecule has 0 aliphatic heterocycles. The van der Waals surface area contributed by atoms with Gasteiger partial charge >= 0.3 is 0 Å². The Balaban J connectivity index is 2.62. The first kappa shape index (κ1) is 20.0. The van der Waals surface area contributed by atoms with Gasteiger partial charge in [0.2, 0.25) is 11.8 Å². The van der Waals surface area contributed by atoms with Crippen LogP contribution in [0, 0.1) is 0 Å². The Labute approximate surface area is 147 Å². The number of nitrogens with one attached hydrogen (secondary N) is 3. The Bertz CT molecular complexity index is 562. The minimum atomic E-state index is -0.300. The SMILES string of the molecule is CN(C)C(=O)CNC(=NCC(=O)NC(C)(C)C)NCc1cccs1. The van der Waals surface area contributed by atoms with Crippen LogP contribution in [0.5, 0.6) is 0 Å². The van der Waals surface area contributed by atoms with Crippen molar-refractivity contribution < 1.29 is 9.59 Å². The molecular weight excluding hydrogens is 326 g/mol. The number of likely N-dealkylation sites (N-methyl/N-ethyl adjacent to an activating group) is 1. The molecule has 0 fully saturated rings. The van der Waals surface area contributed by atoms with Gasteiger partial charge in [-0.05, 0) is 32.2 Å². The summed E-state index contributed by atoms with van der Waals surface area (Å²) in [7, 11) is 3.38. The lowest BCUT2D eigenvalue weighted by Crippen LogP contribution is -2.44. The second-order valence-electron chi connectivity index (χ2n) is 6.54. The van der Waals surface area contributed by atoms with Gasteiger partial charge < -0.3 is 20.9 Å². The largest absolute Gasteiger partial charge is 0.351 e. The minimum Gasteiger partial charge on any atom is -0.351 e. The predicted molar refractivity (Wildman–Crippen MR) is 98.1 cm³/mol. The van der Waals surface area contributed by atoms with E-state index in [1.54, 1.807) is 25.4 Å². The van der Waals surface area contributed by atoms with Gasteiger partial charge in [-0.15, -0.1) is 11.3 Å². The molecule has 1 rings (SSSR count). The normalized spacial score (nSPS) is 11.8. The zero-order valence-electron chi connectivity index (χ0n) is 15.0. The number of amides is 2. The van der Waals surface area contributed by atoms with Crippen LogP contribution in [-0.4, -0.2) is 55.4 Å². The van der Waals surface area contributed by atoms with Crippen molar-refractivity contribution in [1.82, 2.24) is 20.9 Å². The van der Waals surface area contributed by atoms with Crippen LogP contribution in [0.15, 0.2) is 22.5 Å². The summed E-state index contributed by atoms with van der Waals surface area (Å²) in [4.78, 5) is 30.5. The van der Waals surface area contributed by atoms with Crippen LogP contribution >= 0.6 is 11.3 Å². The molecule has 0 saturated heterocycles. The van der Waals surface area contributed by atoms with E-state index in [2.05, 4.69) is 20.9 Å². The van der Waals surface area contributed by atoms with E-state index in [-0.39, 0.29) is 30.4 Å². The molecule has 0 atom stereocenters. The topological polar surface area (TPSA) is 85.8 Å². The molecule has 1 heterocycles. The van der Waals surface area contributed by atoms with Gasteiger partial charge in [-0.1, -0.05) is 6.07 Å². The first-order valence-corrected chi connectivity index (χ1v) is 8.61. The van der Waals surface area contributed by atoms with Crippen LogP contribution < -0.4 is 16.0 Å². The van der Waals surface area contributed by atoms with Crippen molar-refractivity contribution in [2.24, 2.45) is 4.99 Å². The molecule has 0 radical (unpaired) electrons. The molecule has 3 N–H and O–H groups in total. The summed E-state index contributed by atoms with van der Waals surface area (Å²) in [5.41, 5.74) is -0.300. The number of hydrogen-bond donors (Lipinski definition) is 3. The fourth-order valence-corrected chi connectivity index (χ4v) is 2.33. The Kier molecular flexibility index (Phi) is 7.70. The van der Waals surface area contributed by atoms with Crippen LogP contribution in [0.1, 0.15) is 25.6 Å². The maximum atomic E-state index is 11.9. The van der Waals surface area contributed by atoms with Crippen LogP contribution in [-0.2, 0) is 16.1 Å². The zero-order valence-corrected chi connectivity index (χ0v) is 15.8. The number of guanidine groups is 1. The van der Waals surface area contributed by atoms with Crippen LogP contribution in [0.2, 0.25) is 0 Å². The number of nitrogens with zero attached hydrogens (tertiary/aromatic N) is 2. The maximum Gasteiger partial charge on any atom is 0.242 e. The second kappa shape index (κ2) is 9.27. The quantitative estimate of drug-likeness (QED) is 0.521. The molecule has 0 unspecified atom stereocenters. The van der Waals surface area contributed by atoms with Gasteiger partial charge in [0.05, 0.1) is 13.1 Å². The Morgan fingerprint density at radius 1 is 1.25 bits per heavy atom. The van der Waals surface area contributed by atoms with Crippen molar-refractivity contribution in [2.45, 2.75) is 32.9 Å². The van der Waals surface area contributed by atoms with Crippen molar-refractivity contribution >= 4 is 29.1 Å². The van der Waals surface area contributed by atoms with E-state index < -0.39 is 0 Å². The number of hydrogen-bond acceptors (Lipinski definition) is 4. The summed E-state index contributed by atoms with van der Waals surface area (Å²) >= 11 is 1.63. The number of carbonyl (C=O) groups is 2. The van der Waals surface area contributed by atoms with Crippen molar-refractivity contribution in [3.63, 3.8) is 0 Å². The summed E-state index contributed by atoms with van der Waals surface area (Å²) in [6, 6.07) is 3.98. The highest BCUT2D eigenvalue weighted by Gasteiger charge is 2.13. The van der Waals surface area contributed by atoms with Gasteiger partial charge in [0.1, 0.15) is 6.54 Å². The Hall–Kier alpha value is -2.09. The smallest absolute Gasteiger partial charge is 0.242 e. The minimum absolute atomic E-state index is 0.00675. The lowest BCUT2D eigenvalue weighted by Gasteiger charge is -2.20. The van der Waals surface area contributed by atoms with Crippen LogP contribution in [0.3, 0.4) is 0 Å². The monoisotopic (exact) mass is 353 g/mol. The van der Waals surface area contributed by atoms with Gasteiger partial charge in [0.15, 0.2) is 5.96 Å². The van der Waals surface area contributed by atoms with E-state index in [1.165, 1.54) is 4.90 Å². The standard InChI is InChI=1S/C16H27N5O2S/c1-16(2,3)20-13(22)10-18-15(19-11-14(23)21(4)5)17-9-12-7-6-8-24-12/h6-8H,9-11H2,1-5H3,(H,20,22)(H2,17,18,19).